The van der Waals surface area contributed by atoms with Crippen LogP contribution in [0.25, 0.3) is 11.0 Å². The van der Waals surface area contributed by atoms with E-state index in [-0.39, 0.29) is 11.9 Å². The number of aryl methyl sites for hydroxylation is 2. The molecule has 0 bridgehead atoms. The summed E-state index contributed by atoms with van der Waals surface area (Å²) in [5, 5.41) is 10.9. The molecule has 2 rings (SSSR count). The Morgan fingerprint density at radius 3 is 2.95 bits per heavy atom. The largest absolute Gasteiger partial charge is 0.350 e. The van der Waals surface area contributed by atoms with E-state index >= 15 is 0 Å². The molecule has 0 aliphatic carbocycles. The molecule has 102 valence electrons. The molecule has 2 aromatic rings. The molecule has 2 heterocycles. The summed E-state index contributed by atoms with van der Waals surface area (Å²) < 4.78 is 1.68. The summed E-state index contributed by atoms with van der Waals surface area (Å²) in [7, 11) is 3.69. The Labute approximate surface area is 112 Å². The molecule has 0 saturated heterocycles. The van der Waals surface area contributed by atoms with Crippen molar-refractivity contribution in [3.63, 3.8) is 0 Å². The van der Waals surface area contributed by atoms with Crippen LogP contribution in [0, 0.1) is 6.92 Å². The maximum Gasteiger partial charge on any atom is 0.252 e. The second-order valence-corrected chi connectivity index (χ2v) is 4.72. The molecular formula is C13H19N5O. The van der Waals surface area contributed by atoms with E-state index in [1.807, 2.05) is 27.9 Å². The van der Waals surface area contributed by atoms with Crippen molar-refractivity contribution in [3.05, 3.63) is 23.5 Å². The summed E-state index contributed by atoms with van der Waals surface area (Å²) in [4.78, 5) is 16.6. The van der Waals surface area contributed by atoms with Gasteiger partial charge in [0, 0.05) is 25.3 Å². The molecule has 0 aromatic carbocycles. The third kappa shape index (κ3) is 2.73. The minimum Gasteiger partial charge on any atom is -0.350 e. The van der Waals surface area contributed by atoms with Crippen LogP contribution in [0.1, 0.15) is 23.0 Å². The highest BCUT2D eigenvalue weighted by Crippen LogP contribution is 2.17. The highest BCUT2D eigenvalue weighted by Gasteiger charge is 2.14. The van der Waals surface area contributed by atoms with Crippen LogP contribution in [0.3, 0.4) is 0 Å². The van der Waals surface area contributed by atoms with Crippen LogP contribution in [0.2, 0.25) is 0 Å². The standard InChI is InChI=1S/C13H19N5O/c1-8-5-10(13(19)15-6-9(2)14-3)11-7-16-18(4)12(11)17-8/h5,7,9,14H,6H2,1-4H3,(H,15,19). The maximum atomic E-state index is 12.2. The highest BCUT2D eigenvalue weighted by molar-refractivity contribution is 6.05. The number of amides is 1. The summed E-state index contributed by atoms with van der Waals surface area (Å²) in [5.41, 5.74) is 2.16. The van der Waals surface area contributed by atoms with Crippen LogP contribution in [0.15, 0.2) is 12.3 Å². The van der Waals surface area contributed by atoms with Gasteiger partial charge in [-0.05, 0) is 27.0 Å². The fraction of sp³-hybridized carbons (Fsp3) is 0.462. The van der Waals surface area contributed by atoms with Crippen LogP contribution in [-0.4, -0.2) is 40.3 Å². The first-order chi connectivity index (χ1) is 9.02. The number of hydrogen-bond acceptors (Lipinski definition) is 4. The van der Waals surface area contributed by atoms with Crippen LogP contribution < -0.4 is 10.6 Å². The predicted octanol–water partition coefficient (Wildman–Crippen LogP) is 0.614. The number of nitrogens with one attached hydrogen (secondary N) is 2. The normalized spacial score (nSPS) is 12.6. The molecule has 1 amide bonds. The average molecular weight is 261 g/mol. The van der Waals surface area contributed by atoms with Crippen molar-refractivity contribution in [3.8, 4) is 0 Å². The van der Waals surface area contributed by atoms with Crippen molar-refractivity contribution in [1.29, 1.82) is 0 Å². The van der Waals surface area contributed by atoms with Gasteiger partial charge >= 0.3 is 0 Å². The molecule has 0 saturated carbocycles. The Hall–Kier alpha value is -1.95. The lowest BCUT2D eigenvalue weighted by Crippen LogP contribution is -2.37. The summed E-state index contributed by atoms with van der Waals surface area (Å²) in [6, 6.07) is 2.03. The smallest absolute Gasteiger partial charge is 0.252 e. The van der Waals surface area contributed by atoms with Crippen molar-refractivity contribution in [1.82, 2.24) is 25.4 Å². The van der Waals surface area contributed by atoms with E-state index in [0.29, 0.717) is 12.1 Å². The summed E-state index contributed by atoms with van der Waals surface area (Å²) in [5.74, 6) is -0.0920. The van der Waals surface area contributed by atoms with E-state index in [9.17, 15) is 4.79 Å². The van der Waals surface area contributed by atoms with Crippen molar-refractivity contribution >= 4 is 16.9 Å². The van der Waals surface area contributed by atoms with Gasteiger partial charge in [0.1, 0.15) is 0 Å². The average Bonchev–Trinajstić information content (AvgIpc) is 2.76. The maximum absolute atomic E-state index is 12.2. The topological polar surface area (TPSA) is 71.8 Å². The molecule has 0 aliphatic heterocycles. The van der Waals surface area contributed by atoms with Crippen LogP contribution >= 0.6 is 0 Å². The van der Waals surface area contributed by atoms with Gasteiger partial charge in [0.05, 0.1) is 17.1 Å². The number of pyridine rings is 1. The van der Waals surface area contributed by atoms with Crippen LogP contribution in [-0.2, 0) is 7.05 Å². The zero-order valence-electron chi connectivity index (χ0n) is 11.7. The lowest BCUT2D eigenvalue weighted by Gasteiger charge is -2.12. The molecule has 1 unspecified atom stereocenters. The highest BCUT2D eigenvalue weighted by atomic mass is 16.1. The van der Waals surface area contributed by atoms with Crippen LogP contribution in [0.5, 0.6) is 0 Å². The zero-order valence-corrected chi connectivity index (χ0v) is 11.7. The number of carbonyl (C=O) groups excluding carboxylic acids is 1. The molecule has 0 radical (unpaired) electrons. The van der Waals surface area contributed by atoms with Crippen molar-refractivity contribution in [2.75, 3.05) is 13.6 Å². The van der Waals surface area contributed by atoms with E-state index in [1.54, 1.807) is 16.9 Å². The van der Waals surface area contributed by atoms with Crippen molar-refractivity contribution < 1.29 is 4.79 Å². The fourth-order valence-corrected chi connectivity index (χ4v) is 1.87. The monoisotopic (exact) mass is 261 g/mol. The SMILES string of the molecule is CNC(C)CNC(=O)c1cc(C)nc2c1cnn2C. The molecule has 1 atom stereocenters. The first-order valence-electron chi connectivity index (χ1n) is 6.27. The lowest BCUT2D eigenvalue weighted by molar-refractivity contribution is 0.0952. The number of rotatable bonds is 4. The molecule has 0 fully saturated rings. The number of likely N-dealkylation sites (N-methyl/N-ethyl adjacent to an activating group) is 1. The van der Waals surface area contributed by atoms with Gasteiger partial charge in [0.25, 0.3) is 5.91 Å². The van der Waals surface area contributed by atoms with Gasteiger partial charge in [-0.2, -0.15) is 5.10 Å². The number of carbonyl (C=O) groups is 1. The van der Waals surface area contributed by atoms with Crippen LogP contribution in [0.4, 0.5) is 0 Å². The molecule has 2 aromatic heterocycles. The van der Waals surface area contributed by atoms with E-state index < -0.39 is 0 Å². The second-order valence-electron chi connectivity index (χ2n) is 4.72. The Morgan fingerprint density at radius 1 is 1.53 bits per heavy atom. The molecule has 19 heavy (non-hydrogen) atoms. The Balaban J connectivity index is 2.31. The summed E-state index contributed by atoms with van der Waals surface area (Å²) >= 11 is 0. The van der Waals surface area contributed by atoms with Crippen molar-refractivity contribution in [2.45, 2.75) is 19.9 Å². The number of fused-ring (bicyclic) bond motifs is 1. The van der Waals surface area contributed by atoms with Gasteiger partial charge in [-0.1, -0.05) is 0 Å². The zero-order chi connectivity index (χ0) is 14.0. The van der Waals surface area contributed by atoms with Gasteiger partial charge in [-0.15, -0.1) is 0 Å². The van der Waals surface area contributed by atoms with Gasteiger partial charge in [-0.3, -0.25) is 9.48 Å². The predicted molar refractivity (Wildman–Crippen MR) is 74.1 cm³/mol. The molecular weight excluding hydrogens is 242 g/mol. The van der Waals surface area contributed by atoms with E-state index in [2.05, 4.69) is 20.7 Å². The minimum atomic E-state index is -0.0920. The second kappa shape index (κ2) is 5.36. The molecule has 0 aliphatic rings. The molecule has 6 nitrogen and oxygen atoms in total. The minimum absolute atomic E-state index is 0.0920. The van der Waals surface area contributed by atoms with E-state index in [4.69, 9.17) is 0 Å². The first-order valence-corrected chi connectivity index (χ1v) is 6.27. The Kier molecular flexibility index (Phi) is 3.80. The fourth-order valence-electron chi connectivity index (χ4n) is 1.87. The summed E-state index contributed by atoms with van der Waals surface area (Å²) in [6.07, 6.45) is 1.68. The number of nitrogens with zero attached hydrogens (tertiary/aromatic N) is 3. The summed E-state index contributed by atoms with van der Waals surface area (Å²) in [6.45, 7) is 4.47. The third-order valence-corrected chi connectivity index (χ3v) is 3.14. The number of hydrogen-bond donors (Lipinski definition) is 2. The third-order valence-electron chi connectivity index (χ3n) is 3.14. The quantitative estimate of drug-likeness (QED) is 0.846. The molecule has 2 N–H and O–H groups in total. The van der Waals surface area contributed by atoms with Crippen molar-refractivity contribution in [2.24, 2.45) is 7.05 Å². The van der Waals surface area contributed by atoms with Gasteiger partial charge in [0.2, 0.25) is 0 Å². The van der Waals surface area contributed by atoms with E-state index in [1.165, 1.54) is 0 Å². The van der Waals surface area contributed by atoms with Gasteiger partial charge in [0.15, 0.2) is 5.65 Å². The Bertz CT molecular complexity index is 604. The lowest BCUT2D eigenvalue weighted by atomic mass is 10.1. The first kappa shape index (κ1) is 13.5. The number of aromatic nitrogens is 3. The molecule has 0 spiro atoms. The molecule has 6 heteroatoms. The Morgan fingerprint density at radius 2 is 2.26 bits per heavy atom. The van der Waals surface area contributed by atoms with Gasteiger partial charge < -0.3 is 10.6 Å². The van der Waals surface area contributed by atoms with E-state index in [0.717, 1.165) is 16.7 Å². The van der Waals surface area contributed by atoms with Gasteiger partial charge in [-0.25, -0.2) is 4.98 Å².